The van der Waals surface area contributed by atoms with E-state index in [-0.39, 0.29) is 5.56 Å². The largest absolute Gasteiger partial charge is 0.468 e. The van der Waals surface area contributed by atoms with Crippen LogP contribution in [-0.4, -0.2) is 50.1 Å². The predicted octanol–water partition coefficient (Wildman–Crippen LogP) is 0.922. The number of nitrogens with zero attached hydrogens (tertiary/aromatic N) is 1. The Hall–Kier alpha value is -2.44. The number of rotatable bonds is 5. The van der Waals surface area contributed by atoms with Crippen molar-refractivity contribution in [1.82, 2.24) is 4.90 Å². The molecule has 0 saturated carbocycles. The first-order valence-corrected chi connectivity index (χ1v) is 6.07. The van der Waals surface area contributed by atoms with Gasteiger partial charge in [0.25, 0.3) is 5.91 Å². The predicted molar refractivity (Wildman–Crippen MR) is 71.1 cm³/mol. The third-order valence-electron chi connectivity index (χ3n) is 2.67. The standard InChI is InChI=1S/C14H16FNO5/c1-9-4-10(6-11(15)5-9)14(19)16(7-12(17)20-2)8-13(18)21-3/h4-6H,7-8H2,1-3H3. The number of methoxy groups -OCH3 is 2. The van der Waals surface area contributed by atoms with Crippen LogP contribution < -0.4 is 0 Å². The Labute approximate surface area is 121 Å². The van der Waals surface area contributed by atoms with Crippen LogP contribution in [-0.2, 0) is 19.1 Å². The van der Waals surface area contributed by atoms with E-state index in [9.17, 15) is 18.8 Å². The van der Waals surface area contributed by atoms with Gasteiger partial charge in [0.15, 0.2) is 0 Å². The molecule has 0 spiro atoms. The average molecular weight is 297 g/mol. The number of esters is 2. The van der Waals surface area contributed by atoms with Gasteiger partial charge in [-0.3, -0.25) is 14.4 Å². The van der Waals surface area contributed by atoms with Crippen molar-refractivity contribution in [3.63, 3.8) is 0 Å². The van der Waals surface area contributed by atoms with Crippen molar-refractivity contribution in [2.75, 3.05) is 27.3 Å². The second-order valence-corrected chi connectivity index (χ2v) is 4.33. The number of carbonyl (C=O) groups excluding carboxylic acids is 3. The van der Waals surface area contributed by atoms with Crippen molar-refractivity contribution in [2.45, 2.75) is 6.92 Å². The number of ether oxygens (including phenoxy) is 2. The number of benzene rings is 1. The van der Waals surface area contributed by atoms with Crippen molar-refractivity contribution in [3.8, 4) is 0 Å². The van der Waals surface area contributed by atoms with Crippen molar-refractivity contribution >= 4 is 17.8 Å². The molecule has 1 rings (SSSR count). The molecule has 0 aliphatic heterocycles. The van der Waals surface area contributed by atoms with E-state index in [4.69, 9.17) is 0 Å². The Morgan fingerprint density at radius 3 is 2.00 bits per heavy atom. The lowest BCUT2D eigenvalue weighted by Gasteiger charge is -2.20. The average Bonchev–Trinajstić information content (AvgIpc) is 2.44. The Morgan fingerprint density at radius 2 is 1.57 bits per heavy atom. The van der Waals surface area contributed by atoms with Crippen LogP contribution in [0.3, 0.4) is 0 Å². The molecule has 0 aliphatic rings. The Kier molecular flexibility index (Phi) is 5.83. The first kappa shape index (κ1) is 16.6. The second kappa shape index (κ2) is 7.37. The molecule has 0 aromatic heterocycles. The van der Waals surface area contributed by atoms with E-state index in [1.54, 1.807) is 6.92 Å². The smallest absolute Gasteiger partial charge is 0.325 e. The summed E-state index contributed by atoms with van der Waals surface area (Å²) in [7, 11) is 2.32. The van der Waals surface area contributed by atoms with E-state index in [1.807, 2.05) is 0 Å². The van der Waals surface area contributed by atoms with Crippen molar-refractivity contribution in [1.29, 1.82) is 0 Å². The monoisotopic (exact) mass is 297 g/mol. The Balaban J connectivity index is 3.02. The molecule has 0 aliphatic carbocycles. The molecule has 114 valence electrons. The summed E-state index contributed by atoms with van der Waals surface area (Å²) in [4.78, 5) is 35.9. The molecule has 0 N–H and O–H groups in total. The summed E-state index contributed by atoms with van der Waals surface area (Å²) in [6, 6.07) is 3.77. The van der Waals surface area contributed by atoms with E-state index < -0.39 is 36.8 Å². The third kappa shape index (κ3) is 4.87. The minimum Gasteiger partial charge on any atom is -0.468 e. The van der Waals surface area contributed by atoms with Crippen LogP contribution in [0.5, 0.6) is 0 Å². The summed E-state index contributed by atoms with van der Waals surface area (Å²) in [6.45, 7) is 0.769. The molecular formula is C14H16FNO5. The minimum atomic E-state index is -0.694. The van der Waals surface area contributed by atoms with E-state index >= 15 is 0 Å². The van der Waals surface area contributed by atoms with Crippen LogP contribution in [0, 0.1) is 12.7 Å². The fourth-order valence-corrected chi connectivity index (χ4v) is 1.68. The van der Waals surface area contributed by atoms with Gasteiger partial charge >= 0.3 is 11.9 Å². The molecule has 1 aromatic rings. The van der Waals surface area contributed by atoms with Crippen LogP contribution >= 0.6 is 0 Å². The van der Waals surface area contributed by atoms with Crippen molar-refractivity contribution in [2.24, 2.45) is 0 Å². The van der Waals surface area contributed by atoms with Crippen molar-refractivity contribution < 1.29 is 28.2 Å². The van der Waals surface area contributed by atoms with Gasteiger partial charge in [-0.1, -0.05) is 0 Å². The first-order valence-electron chi connectivity index (χ1n) is 6.07. The number of carbonyl (C=O) groups is 3. The summed E-state index contributed by atoms with van der Waals surface area (Å²) in [5.74, 6) is -2.62. The lowest BCUT2D eigenvalue weighted by Crippen LogP contribution is -2.40. The number of amides is 1. The maximum Gasteiger partial charge on any atom is 0.325 e. The molecule has 0 saturated heterocycles. The van der Waals surface area contributed by atoms with Gasteiger partial charge in [-0.2, -0.15) is 0 Å². The van der Waals surface area contributed by atoms with Crippen LogP contribution in [0.15, 0.2) is 18.2 Å². The van der Waals surface area contributed by atoms with Gasteiger partial charge in [0.05, 0.1) is 14.2 Å². The zero-order valence-electron chi connectivity index (χ0n) is 12.0. The van der Waals surface area contributed by atoms with E-state index in [2.05, 4.69) is 9.47 Å². The Morgan fingerprint density at radius 1 is 1.05 bits per heavy atom. The van der Waals surface area contributed by atoms with Gasteiger partial charge in [-0.25, -0.2) is 4.39 Å². The van der Waals surface area contributed by atoms with Crippen LogP contribution in [0.4, 0.5) is 4.39 Å². The highest BCUT2D eigenvalue weighted by Gasteiger charge is 2.22. The molecule has 1 amide bonds. The van der Waals surface area contributed by atoms with Crippen LogP contribution in [0.25, 0.3) is 0 Å². The minimum absolute atomic E-state index is 0.0420. The summed E-state index contributed by atoms with van der Waals surface area (Å²) >= 11 is 0. The van der Waals surface area contributed by atoms with Crippen LogP contribution in [0.2, 0.25) is 0 Å². The fraction of sp³-hybridized carbons (Fsp3) is 0.357. The molecule has 1 aromatic carbocycles. The summed E-state index contributed by atoms with van der Waals surface area (Å²) in [5, 5.41) is 0. The molecular weight excluding hydrogens is 281 g/mol. The third-order valence-corrected chi connectivity index (χ3v) is 2.67. The van der Waals surface area contributed by atoms with Crippen LogP contribution in [0.1, 0.15) is 15.9 Å². The molecule has 6 nitrogen and oxygen atoms in total. The quantitative estimate of drug-likeness (QED) is 0.756. The Bertz CT molecular complexity index is 520. The van der Waals surface area contributed by atoms with Gasteiger partial charge in [0.2, 0.25) is 0 Å². The number of aryl methyl sites for hydroxylation is 1. The van der Waals surface area contributed by atoms with Gasteiger partial charge in [-0.05, 0) is 30.7 Å². The molecule has 0 fully saturated rings. The molecule has 0 bridgehead atoms. The van der Waals surface area contributed by atoms with Gasteiger partial charge < -0.3 is 14.4 Å². The van der Waals surface area contributed by atoms with Crippen molar-refractivity contribution in [3.05, 3.63) is 35.1 Å². The SMILES string of the molecule is COC(=O)CN(CC(=O)OC)C(=O)c1cc(C)cc(F)c1. The number of hydrogen-bond donors (Lipinski definition) is 0. The van der Waals surface area contributed by atoms with Gasteiger partial charge in [-0.15, -0.1) is 0 Å². The molecule has 7 heteroatoms. The summed E-state index contributed by atoms with van der Waals surface area (Å²) in [6.07, 6.45) is 0. The molecule has 0 heterocycles. The van der Waals surface area contributed by atoms with E-state index in [0.717, 1.165) is 25.2 Å². The zero-order chi connectivity index (χ0) is 16.0. The maximum absolute atomic E-state index is 13.4. The lowest BCUT2D eigenvalue weighted by atomic mass is 10.1. The molecule has 0 atom stereocenters. The highest BCUT2D eigenvalue weighted by Crippen LogP contribution is 2.11. The van der Waals surface area contributed by atoms with Gasteiger partial charge in [0.1, 0.15) is 18.9 Å². The normalized spacial score (nSPS) is 9.90. The summed E-state index contributed by atoms with van der Waals surface area (Å²) in [5.41, 5.74) is 0.592. The van der Waals surface area contributed by atoms with E-state index in [1.165, 1.54) is 12.1 Å². The molecule has 21 heavy (non-hydrogen) atoms. The molecule has 0 radical (unpaired) electrons. The first-order chi connectivity index (χ1) is 9.87. The molecule has 0 unspecified atom stereocenters. The topological polar surface area (TPSA) is 72.9 Å². The number of hydrogen-bond acceptors (Lipinski definition) is 5. The van der Waals surface area contributed by atoms with E-state index in [0.29, 0.717) is 5.56 Å². The highest BCUT2D eigenvalue weighted by atomic mass is 19.1. The fourth-order valence-electron chi connectivity index (χ4n) is 1.68. The second-order valence-electron chi connectivity index (χ2n) is 4.33. The van der Waals surface area contributed by atoms with Gasteiger partial charge in [0, 0.05) is 5.56 Å². The highest BCUT2D eigenvalue weighted by molar-refractivity contribution is 5.97. The lowest BCUT2D eigenvalue weighted by molar-refractivity contribution is -0.144. The number of halogens is 1. The maximum atomic E-state index is 13.4. The summed E-state index contributed by atoms with van der Waals surface area (Å²) < 4.78 is 22.3. The zero-order valence-corrected chi connectivity index (χ0v) is 12.0.